The van der Waals surface area contributed by atoms with Crippen molar-refractivity contribution in [3.8, 4) is 6.07 Å². The summed E-state index contributed by atoms with van der Waals surface area (Å²) in [4.78, 5) is 21.7. The molecule has 1 aromatic carbocycles. The van der Waals surface area contributed by atoms with Gasteiger partial charge in [-0.15, -0.1) is 0 Å². The molecule has 0 spiro atoms. The number of hydrogen-bond acceptors (Lipinski definition) is 4. The Hall–Kier alpha value is -3.43. The lowest BCUT2D eigenvalue weighted by molar-refractivity contribution is -0.127. The summed E-state index contributed by atoms with van der Waals surface area (Å²) in [5.41, 5.74) is 3.23. The third-order valence-electron chi connectivity index (χ3n) is 6.55. The van der Waals surface area contributed by atoms with Crippen LogP contribution in [0, 0.1) is 11.3 Å². The average molecular weight is 442 g/mol. The van der Waals surface area contributed by atoms with E-state index in [1.165, 1.54) is 0 Å². The van der Waals surface area contributed by atoms with Crippen molar-refractivity contribution < 1.29 is 4.79 Å². The van der Waals surface area contributed by atoms with Gasteiger partial charge in [0.2, 0.25) is 5.91 Å². The number of nitrogens with zero attached hydrogens (tertiary/aromatic N) is 5. The molecule has 3 aromatic rings. The van der Waals surface area contributed by atoms with E-state index in [4.69, 9.17) is 5.26 Å². The summed E-state index contributed by atoms with van der Waals surface area (Å²) in [5.74, 6) is 0.0378. The zero-order valence-corrected chi connectivity index (χ0v) is 19.2. The van der Waals surface area contributed by atoms with Crippen molar-refractivity contribution in [1.82, 2.24) is 19.4 Å². The fourth-order valence-electron chi connectivity index (χ4n) is 4.57. The first-order chi connectivity index (χ1) is 16.2. The number of hydrogen-bond donors (Lipinski definition) is 0. The number of pyridine rings is 1. The van der Waals surface area contributed by atoms with Crippen LogP contribution in [0.4, 0.5) is 0 Å². The van der Waals surface area contributed by atoms with Gasteiger partial charge in [0.05, 0.1) is 12.5 Å². The molecule has 0 unspecified atom stereocenters. The van der Waals surface area contributed by atoms with Crippen molar-refractivity contribution in [2.45, 2.75) is 38.3 Å². The van der Waals surface area contributed by atoms with Crippen LogP contribution in [0.1, 0.15) is 30.5 Å². The van der Waals surface area contributed by atoms with E-state index in [0.717, 1.165) is 61.1 Å². The quantitative estimate of drug-likeness (QED) is 0.493. The number of piperidine rings is 1. The van der Waals surface area contributed by atoms with Crippen LogP contribution < -0.4 is 0 Å². The van der Waals surface area contributed by atoms with Gasteiger partial charge < -0.3 is 14.4 Å². The molecule has 1 aliphatic rings. The van der Waals surface area contributed by atoms with E-state index in [2.05, 4.69) is 38.7 Å². The number of rotatable bonds is 8. The molecule has 0 atom stereocenters. The van der Waals surface area contributed by atoms with E-state index in [-0.39, 0.29) is 11.9 Å². The standard InChI is InChI=1S/C27H31N5O/c1-30(24-13-19-31(20-14-24)18-12-23-7-4-5-16-29-23)27(33)11-10-22-21-32(17-6-15-28)26-9-3-2-8-25(22)26/h2-5,7-11,16,21,24H,6,12-14,17-20H2,1H3/b11-10+. The lowest BCUT2D eigenvalue weighted by Crippen LogP contribution is -2.45. The molecule has 0 radical (unpaired) electrons. The molecule has 0 N–H and O–H groups in total. The zero-order valence-electron chi connectivity index (χ0n) is 19.2. The number of likely N-dealkylation sites (tertiary alicyclic amines) is 1. The molecule has 2 aromatic heterocycles. The molecule has 6 nitrogen and oxygen atoms in total. The van der Waals surface area contributed by atoms with Gasteiger partial charge in [0.15, 0.2) is 0 Å². The van der Waals surface area contributed by atoms with Crippen molar-refractivity contribution in [1.29, 1.82) is 5.26 Å². The van der Waals surface area contributed by atoms with Crippen LogP contribution in [0.25, 0.3) is 17.0 Å². The van der Waals surface area contributed by atoms with E-state index in [0.29, 0.717) is 13.0 Å². The Labute approximate surface area is 195 Å². The van der Waals surface area contributed by atoms with E-state index in [1.807, 2.05) is 54.7 Å². The van der Waals surface area contributed by atoms with Crippen molar-refractivity contribution in [2.75, 3.05) is 26.7 Å². The topological polar surface area (TPSA) is 65.2 Å². The van der Waals surface area contributed by atoms with Gasteiger partial charge >= 0.3 is 0 Å². The second-order valence-electron chi connectivity index (χ2n) is 8.63. The summed E-state index contributed by atoms with van der Waals surface area (Å²) in [6.07, 6.45) is 10.9. The largest absolute Gasteiger partial charge is 0.346 e. The molecule has 33 heavy (non-hydrogen) atoms. The van der Waals surface area contributed by atoms with Gasteiger partial charge in [0.25, 0.3) is 0 Å². The Kier molecular flexibility index (Phi) is 7.54. The summed E-state index contributed by atoms with van der Waals surface area (Å²) in [6.45, 7) is 3.67. The maximum atomic E-state index is 12.9. The predicted molar refractivity (Wildman–Crippen MR) is 131 cm³/mol. The fourth-order valence-corrected chi connectivity index (χ4v) is 4.57. The molecule has 0 aliphatic carbocycles. The van der Waals surface area contributed by atoms with Gasteiger partial charge in [0.1, 0.15) is 0 Å². The van der Waals surface area contributed by atoms with Crippen LogP contribution in [-0.2, 0) is 17.8 Å². The number of carbonyl (C=O) groups excluding carboxylic acids is 1. The van der Waals surface area contributed by atoms with Crippen molar-refractivity contribution in [3.63, 3.8) is 0 Å². The Morgan fingerprint density at radius 3 is 2.73 bits per heavy atom. The maximum absolute atomic E-state index is 12.9. The average Bonchev–Trinajstić information content (AvgIpc) is 3.23. The predicted octanol–water partition coefficient (Wildman–Crippen LogP) is 4.13. The minimum atomic E-state index is 0.0378. The number of carbonyl (C=O) groups is 1. The zero-order chi connectivity index (χ0) is 23.0. The lowest BCUT2D eigenvalue weighted by Gasteiger charge is -2.36. The summed E-state index contributed by atoms with van der Waals surface area (Å²) in [7, 11) is 1.91. The van der Waals surface area contributed by atoms with Gasteiger partial charge in [-0.2, -0.15) is 5.26 Å². The number of likely N-dealkylation sites (N-methyl/N-ethyl adjacent to an activating group) is 1. The van der Waals surface area contributed by atoms with Crippen LogP contribution in [0.15, 0.2) is 60.9 Å². The maximum Gasteiger partial charge on any atom is 0.246 e. The van der Waals surface area contributed by atoms with Crippen LogP contribution in [0.3, 0.4) is 0 Å². The third-order valence-corrected chi connectivity index (χ3v) is 6.55. The highest BCUT2D eigenvalue weighted by Gasteiger charge is 2.24. The van der Waals surface area contributed by atoms with Crippen LogP contribution in [0.5, 0.6) is 0 Å². The number of para-hydroxylation sites is 1. The van der Waals surface area contributed by atoms with Gasteiger partial charge in [-0.25, -0.2) is 0 Å². The molecular weight excluding hydrogens is 410 g/mol. The summed E-state index contributed by atoms with van der Waals surface area (Å²) < 4.78 is 2.09. The highest BCUT2D eigenvalue weighted by molar-refractivity contribution is 5.96. The van der Waals surface area contributed by atoms with Crippen LogP contribution >= 0.6 is 0 Å². The second-order valence-corrected chi connectivity index (χ2v) is 8.63. The molecule has 1 aliphatic heterocycles. The minimum Gasteiger partial charge on any atom is -0.346 e. The molecule has 6 heteroatoms. The molecule has 1 saturated heterocycles. The first kappa shape index (κ1) is 22.8. The number of fused-ring (bicyclic) bond motifs is 1. The normalized spacial score (nSPS) is 15.2. The Bertz CT molecular complexity index is 1140. The SMILES string of the molecule is CN(C(=O)/C=C/c1cn(CCC#N)c2ccccc12)C1CCN(CCc2ccccn2)CC1. The highest BCUT2D eigenvalue weighted by Crippen LogP contribution is 2.23. The smallest absolute Gasteiger partial charge is 0.246 e. The number of benzene rings is 1. The summed E-state index contributed by atoms with van der Waals surface area (Å²) >= 11 is 0. The first-order valence-electron chi connectivity index (χ1n) is 11.7. The second kappa shape index (κ2) is 10.9. The van der Waals surface area contributed by atoms with E-state index in [1.54, 1.807) is 6.08 Å². The van der Waals surface area contributed by atoms with Gasteiger partial charge in [-0.1, -0.05) is 24.3 Å². The van der Waals surface area contributed by atoms with Crippen molar-refractivity contribution in [2.24, 2.45) is 0 Å². The Balaban J connectivity index is 1.32. The van der Waals surface area contributed by atoms with Crippen molar-refractivity contribution >= 4 is 22.9 Å². The fraction of sp³-hybridized carbons (Fsp3) is 0.370. The van der Waals surface area contributed by atoms with E-state index in [9.17, 15) is 4.79 Å². The van der Waals surface area contributed by atoms with Gasteiger partial charge in [0, 0.05) is 86.3 Å². The van der Waals surface area contributed by atoms with E-state index >= 15 is 0 Å². The van der Waals surface area contributed by atoms with Gasteiger partial charge in [-0.05, 0) is 37.1 Å². The van der Waals surface area contributed by atoms with Gasteiger partial charge in [-0.3, -0.25) is 9.78 Å². The van der Waals surface area contributed by atoms with E-state index < -0.39 is 0 Å². The first-order valence-corrected chi connectivity index (χ1v) is 11.7. The number of nitriles is 1. The minimum absolute atomic E-state index is 0.0378. The Morgan fingerprint density at radius 1 is 1.18 bits per heavy atom. The third kappa shape index (κ3) is 5.68. The number of aromatic nitrogens is 2. The summed E-state index contributed by atoms with van der Waals surface area (Å²) in [5, 5.41) is 10.0. The number of amides is 1. The highest BCUT2D eigenvalue weighted by atomic mass is 16.2. The molecule has 1 amide bonds. The molecule has 4 rings (SSSR count). The molecule has 0 bridgehead atoms. The van der Waals surface area contributed by atoms with Crippen molar-refractivity contribution in [3.05, 3.63) is 72.2 Å². The monoisotopic (exact) mass is 441 g/mol. The van der Waals surface area contributed by atoms with Crippen LogP contribution in [0.2, 0.25) is 0 Å². The molecule has 0 saturated carbocycles. The molecule has 3 heterocycles. The molecular formula is C27H31N5O. The lowest BCUT2D eigenvalue weighted by atomic mass is 10.0. The molecule has 170 valence electrons. The van der Waals surface area contributed by atoms with Crippen LogP contribution in [-0.4, -0.2) is 58.0 Å². The number of aryl methyl sites for hydroxylation is 1. The summed E-state index contributed by atoms with van der Waals surface area (Å²) in [6, 6.07) is 16.7. The molecule has 1 fully saturated rings. The Morgan fingerprint density at radius 2 is 1.97 bits per heavy atom.